The quantitative estimate of drug-likeness (QED) is 0.652. The van der Waals surface area contributed by atoms with Crippen LogP contribution < -0.4 is 4.74 Å². The molecule has 2 heterocycles. The first-order valence-electron chi connectivity index (χ1n) is 8.31. The van der Waals surface area contributed by atoms with E-state index in [1.807, 2.05) is 40.9 Å². The molecule has 25 heavy (non-hydrogen) atoms. The topological polar surface area (TPSA) is 63.7 Å². The van der Waals surface area contributed by atoms with Gasteiger partial charge >= 0.3 is 5.97 Å². The fourth-order valence-corrected chi connectivity index (χ4v) is 2.95. The third-order valence-corrected chi connectivity index (χ3v) is 4.18. The summed E-state index contributed by atoms with van der Waals surface area (Å²) in [6.45, 7) is 6.35. The molecule has 5 heteroatoms. The molecule has 0 saturated carbocycles. The summed E-state index contributed by atoms with van der Waals surface area (Å²) >= 11 is 0. The lowest BCUT2D eigenvalue weighted by atomic mass is 10.1. The van der Waals surface area contributed by atoms with E-state index in [-0.39, 0.29) is 12.6 Å². The molecular formula is C20H20N2O3. The summed E-state index contributed by atoms with van der Waals surface area (Å²) in [5.41, 5.74) is 3.38. The minimum Gasteiger partial charge on any atom is -0.479 e. The first kappa shape index (κ1) is 16.8. The van der Waals surface area contributed by atoms with Crippen molar-refractivity contribution in [2.24, 2.45) is 0 Å². The van der Waals surface area contributed by atoms with Crippen LogP contribution in [-0.4, -0.2) is 23.6 Å². The Kier molecular flexibility index (Phi) is 4.62. The number of rotatable bonds is 5. The molecular weight excluding hydrogens is 316 g/mol. The second-order valence-corrected chi connectivity index (χ2v) is 6.09. The maximum absolute atomic E-state index is 12.5. The number of esters is 1. The van der Waals surface area contributed by atoms with Crippen molar-refractivity contribution < 1.29 is 14.3 Å². The van der Waals surface area contributed by atoms with Crippen LogP contribution in [0.4, 0.5) is 0 Å². The highest BCUT2D eigenvalue weighted by Gasteiger charge is 2.20. The maximum atomic E-state index is 12.5. The maximum Gasteiger partial charge on any atom is 0.340 e. The molecule has 0 aliphatic heterocycles. The van der Waals surface area contributed by atoms with Crippen LogP contribution in [0.25, 0.3) is 16.4 Å². The number of nitrogens with zero attached hydrogens (tertiary/aromatic N) is 2. The number of fused-ring (bicyclic) bond motifs is 3. The molecule has 128 valence electrons. The minimum absolute atomic E-state index is 0.0171. The van der Waals surface area contributed by atoms with E-state index in [1.165, 1.54) is 5.56 Å². The van der Waals surface area contributed by atoms with Crippen molar-refractivity contribution in [3.63, 3.8) is 0 Å². The van der Waals surface area contributed by atoms with Gasteiger partial charge < -0.3 is 13.9 Å². The Bertz CT molecular complexity index is 980. The van der Waals surface area contributed by atoms with E-state index in [4.69, 9.17) is 14.7 Å². The molecule has 0 fully saturated rings. The smallest absolute Gasteiger partial charge is 0.340 e. The van der Waals surface area contributed by atoms with E-state index in [0.717, 1.165) is 16.4 Å². The number of ether oxygens (including phenoxy) is 2. The number of hydrogen-bond donors (Lipinski definition) is 0. The molecule has 0 aliphatic carbocycles. The molecule has 0 bridgehead atoms. The molecule has 3 rings (SSSR count). The average molecular weight is 336 g/mol. The van der Waals surface area contributed by atoms with E-state index in [0.29, 0.717) is 23.8 Å². The van der Waals surface area contributed by atoms with E-state index < -0.39 is 0 Å². The lowest BCUT2D eigenvalue weighted by Gasteiger charge is -2.07. The van der Waals surface area contributed by atoms with Crippen LogP contribution in [-0.2, 0) is 4.74 Å². The molecule has 1 aromatic carbocycles. The Morgan fingerprint density at radius 2 is 2.04 bits per heavy atom. The van der Waals surface area contributed by atoms with Gasteiger partial charge in [-0.15, -0.1) is 0 Å². The van der Waals surface area contributed by atoms with Gasteiger partial charge in [0, 0.05) is 17.6 Å². The fraction of sp³-hybridized carbons (Fsp3) is 0.300. The van der Waals surface area contributed by atoms with Crippen molar-refractivity contribution in [2.75, 3.05) is 13.2 Å². The van der Waals surface area contributed by atoms with Crippen molar-refractivity contribution in [3.05, 3.63) is 47.7 Å². The zero-order chi connectivity index (χ0) is 18.0. The Hall–Kier alpha value is -3.00. The zero-order valence-electron chi connectivity index (χ0n) is 14.6. The number of benzene rings is 1. The Morgan fingerprint density at radius 1 is 1.24 bits per heavy atom. The van der Waals surface area contributed by atoms with Gasteiger partial charge in [-0.25, -0.2) is 4.79 Å². The first-order valence-corrected chi connectivity index (χ1v) is 8.31. The van der Waals surface area contributed by atoms with Crippen molar-refractivity contribution in [1.29, 1.82) is 5.26 Å². The highest BCUT2D eigenvalue weighted by atomic mass is 16.5. The molecule has 0 amide bonds. The summed E-state index contributed by atoms with van der Waals surface area (Å²) < 4.78 is 12.7. The van der Waals surface area contributed by atoms with Crippen molar-refractivity contribution in [1.82, 2.24) is 4.40 Å². The molecule has 0 saturated heterocycles. The highest BCUT2D eigenvalue weighted by Crippen LogP contribution is 2.31. The van der Waals surface area contributed by atoms with Crippen molar-refractivity contribution in [3.8, 4) is 11.8 Å². The third kappa shape index (κ3) is 3.03. The van der Waals surface area contributed by atoms with Crippen LogP contribution in [0.5, 0.6) is 5.75 Å². The standard InChI is InChI=1S/C20H20N2O3/c1-4-24-20(23)19-16-7-6-15(25-10-9-21)11-18(16)22-12-14(13(2)3)5-8-17(19)22/h5-8,11-13H,4,10H2,1-3H3. The second-order valence-electron chi connectivity index (χ2n) is 6.09. The van der Waals surface area contributed by atoms with Crippen LogP contribution in [0.15, 0.2) is 36.5 Å². The normalized spacial score (nSPS) is 11.0. The molecule has 2 aromatic heterocycles. The molecule has 0 radical (unpaired) electrons. The monoisotopic (exact) mass is 336 g/mol. The van der Waals surface area contributed by atoms with Crippen LogP contribution in [0.1, 0.15) is 42.6 Å². The van der Waals surface area contributed by atoms with Gasteiger partial charge in [0.2, 0.25) is 0 Å². The number of pyridine rings is 1. The van der Waals surface area contributed by atoms with Gasteiger partial charge in [0.05, 0.1) is 23.2 Å². The van der Waals surface area contributed by atoms with Crippen LogP contribution >= 0.6 is 0 Å². The molecule has 0 N–H and O–H groups in total. The van der Waals surface area contributed by atoms with Crippen LogP contribution in [0.2, 0.25) is 0 Å². The molecule has 0 aliphatic rings. The van der Waals surface area contributed by atoms with Gasteiger partial charge in [-0.1, -0.05) is 19.9 Å². The van der Waals surface area contributed by atoms with Crippen molar-refractivity contribution >= 4 is 22.4 Å². The molecule has 3 aromatic rings. The van der Waals surface area contributed by atoms with E-state index in [9.17, 15) is 4.79 Å². The van der Waals surface area contributed by atoms with Gasteiger partial charge in [-0.2, -0.15) is 5.26 Å². The Labute approximate surface area is 146 Å². The van der Waals surface area contributed by atoms with Crippen molar-refractivity contribution in [2.45, 2.75) is 26.7 Å². The zero-order valence-corrected chi connectivity index (χ0v) is 14.6. The summed E-state index contributed by atoms with van der Waals surface area (Å²) in [7, 11) is 0. The predicted octanol–water partition coefficient (Wildman–Crippen LogP) is 4.29. The average Bonchev–Trinajstić information content (AvgIpc) is 2.93. The first-order chi connectivity index (χ1) is 12.1. The van der Waals surface area contributed by atoms with Gasteiger partial charge in [0.1, 0.15) is 11.8 Å². The summed E-state index contributed by atoms with van der Waals surface area (Å²) in [5, 5.41) is 9.51. The van der Waals surface area contributed by atoms with Gasteiger partial charge in [-0.3, -0.25) is 0 Å². The lowest BCUT2D eigenvalue weighted by Crippen LogP contribution is -2.04. The summed E-state index contributed by atoms with van der Waals surface area (Å²) in [4.78, 5) is 12.5. The number of carbonyl (C=O) groups is 1. The number of hydrogen-bond acceptors (Lipinski definition) is 4. The number of nitriles is 1. The Balaban J connectivity index is 2.29. The van der Waals surface area contributed by atoms with E-state index in [2.05, 4.69) is 13.8 Å². The largest absolute Gasteiger partial charge is 0.479 e. The molecule has 0 atom stereocenters. The van der Waals surface area contributed by atoms with Crippen LogP contribution in [0.3, 0.4) is 0 Å². The minimum atomic E-state index is -0.335. The summed E-state index contributed by atoms with van der Waals surface area (Å²) in [6.07, 6.45) is 2.04. The molecule has 5 nitrogen and oxygen atoms in total. The van der Waals surface area contributed by atoms with Gasteiger partial charge in [0.25, 0.3) is 0 Å². The third-order valence-electron chi connectivity index (χ3n) is 4.18. The van der Waals surface area contributed by atoms with Crippen LogP contribution in [0, 0.1) is 11.3 Å². The van der Waals surface area contributed by atoms with E-state index >= 15 is 0 Å². The molecule has 0 unspecified atom stereocenters. The lowest BCUT2D eigenvalue weighted by molar-refractivity contribution is 0.0531. The van der Waals surface area contributed by atoms with E-state index in [1.54, 1.807) is 13.0 Å². The highest BCUT2D eigenvalue weighted by molar-refractivity contribution is 6.12. The van der Waals surface area contributed by atoms with Gasteiger partial charge in [-0.05, 0) is 36.6 Å². The SMILES string of the molecule is CCOC(=O)c1c2ccc(OCC#N)cc2n2cc(C(C)C)ccc12. The fourth-order valence-electron chi connectivity index (χ4n) is 2.95. The predicted molar refractivity (Wildman–Crippen MR) is 96.1 cm³/mol. The van der Waals surface area contributed by atoms with Gasteiger partial charge in [0.15, 0.2) is 6.61 Å². The second kappa shape index (κ2) is 6.86. The summed E-state index contributed by atoms with van der Waals surface area (Å²) in [5.74, 6) is 0.628. The summed E-state index contributed by atoms with van der Waals surface area (Å²) in [6, 6.07) is 11.4. The molecule has 0 spiro atoms. The number of aromatic nitrogens is 1. The number of carbonyl (C=O) groups excluding carboxylic acids is 1. The Morgan fingerprint density at radius 3 is 2.72 bits per heavy atom.